The van der Waals surface area contributed by atoms with Gasteiger partial charge in [-0.2, -0.15) is 0 Å². The van der Waals surface area contributed by atoms with Crippen molar-refractivity contribution in [2.24, 2.45) is 0 Å². The predicted molar refractivity (Wildman–Crippen MR) is 127 cm³/mol. The molecule has 198 valence electrons. The quantitative estimate of drug-likeness (QED) is 0.261. The molecule has 3 rings (SSSR count). The molecule has 0 aromatic heterocycles. The highest BCUT2D eigenvalue weighted by Crippen LogP contribution is 2.28. The number of hydroxylamine groups is 1. The fourth-order valence-electron chi connectivity index (χ4n) is 3.37. The Bertz CT molecular complexity index is 1280. The summed E-state index contributed by atoms with van der Waals surface area (Å²) in [5, 5.41) is 9.49. The lowest BCUT2D eigenvalue weighted by atomic mass is 10.0. The van der Waals surface area contributed by atoms with E-state index in [4.69, 9.17) is 4.74 Å². The van der Waals surface area contributed by atoms with Crippen molar-refractivity contribution in [3.8, 4) is 17.2 Å². The molecule has 0 bridgehead atoms. The summed E-state index contributed by atoms with van der Waals surface area (Å²) in [6.07, 6.45) is -4.04. The van der Waals surface area contributed by atoms with Gasteiger partial charge in [-0.1, -0.05) is 12.1 Å². The van der Waals surface area contributed by atoms with E-state index in [1.807, 2.05) is 5.48 Å². The van der Waals surface area contributed by atoms with Crippen LogP contribution in [-0.4, -0.2) is 44.9 Å². The average Bonchev–Trinajstić information content (AvgIpc) is 2.87. The van der Waals surface area contributed by atoms with E-state index in [9.17, 15) is 31.6 Å². The van der Waals surface area contributed by atoms with Crippen LogP contribution in [-0.2, 0) is 21.0 Å². The maximum atomic E-state index is 12.8. The summed E-state index contributed by atoms with van der Waals surface area (Å²) < 4.78 is 76.4. The topological polar surface area (TPSA) is 111 Å². The molecule has 0 fully saturated rings. The van der Waals surface area contributed by atoms with E-state index in [-0.39, 0.29) is 22.1 Å². The first-order valence-corrected chi connectivity index (χ1v) is 12.6. The normalized spacial score (nSPS) is 12.6. The lowest BCUT2D eigenvalue weighted by Crippen LogP contribution is -2.34. The van der Waals surface area contributed by atoms with Crippen LogP contribution in [0.25, 0.3) is 0 Å². The van der Waals surface area contributed by atoms with Gasteiger partial charge >= 0.3 is 12.3 Å². The monoisotopic (exact) mass is 539 g/mol. The predicted octanol–water partition coefficient (Wildman–Crippen LogP) is 4.92. The lowest BCUT2D eigenvalue weighted by molar-refractivity contribution is -0.274. The van der Waals surface area contributed by atoms with E-state index >= 15 is 0 Å². The average molecular weight is 540 g/mol. The van der Waals surface area contributed by atoms with Crippen LogP contribution in [0, 0.1) is 0 Å². The van der Waals surface area contributed by atoms with Gasteiger partial charge in [-0.05, 0) is 79.1 Å². The van der Waals surface area contributed by atoms with Gasteiger partial charge in [-0.15, -0.1) is 13.2 Å². The van der Waals surface area contributed by atoms with Gasteiger partial charge in [-0.3, -0.25) is 0 Å². The van der Waals surface area contributed by atoms with Crippen LogP contribution < -0.4 is 15.0 Å². The van der Waals surface area contributed by atoms with Crippen LogP contribution in [0.1, 0.15) is 22.3 Å². The number of sulfone groups is 1. The minimum Gasteiger partial charge on any atom is -0.465 e. The lowest BCUT2D eigenvalue weighted by Gasteiger charge is -2.16. The Kier molecular flexibility index (Phi) is 9.14. The van der Waals surface area contributed by atoms with E-state index < -0.39 is 34.0 Å². The molecule has 37 heavy (non-hydrogen) atoms. The fourth-order valence-corrected chi connectivity index (χ4v) is 4.89. The summed E-state index contributed by atoms with van der Waals surface area (Å²) in [4.78, 5) is 11.5. The summed E-state index contributed by atoms with van der Waals surface area (Å²) in [7, 11) is -2.49. The second-order valence-electron chi connectivity index (χ2n) is 7.93. The first-order chi connectivity index (χ1) is 17.5. The molecule has 2 N–H and O–H groups in total. The van der Waals surface area contributed by atoms with Crippen molar-refractivity contribution in [2.45, 2.75) is 30.1 Å². The number of carbonyl (C=O) groups excluding carboxylic acids is 1. The van der Waals surface area contributed by atoms with E-state index in [0.717, 1.165) is 17.7 Å². The number of rotatable bonds is 11. The van der Waals surface area contributed by atoms with Crippen molar-refractivity contribution in [1.29, 1.82) is 0 Å². The molecule has 0 heterocycles. The Labute approximate surface area is 211 Å². The highest BCUT2D eigenvalue weighted by Gasteiger charge is 2.31. The Hall–Kier alpha value is -3.61. The molecule has 3 aromatic rings. The number of hydrogen-bond donors (Lipinski definition) is 2. The van der Waals surface area contributed by atoms with Gasteiger partial charge < -0.3 is 19.4 Å². The molecule has 12 heteroatoms. The molecule has 3 aromatic carbocycles. The summed E-state index contributed by atoms with van der Waals surface area (Å²) in [6.45, 7) is 0. The van der Waals surface area contributed by atoms with E-state index in [2.05, 4.69) is 9.47 Å². The van der Waals surface area contributed by atoms with Crippen LogP contribution in [0.15, 0.2) is 77.7 Å². The van der Waals surface area contributed by atoms with Crippen LogP contribution in [0.3, 0.4) is 0 Å². The van der Waals surface area contributed by atoms with Crippen molar-refractivity contribution in [1.82, 2.24) is 5.48 Å². The van der Waals surface area contributed by atoms with Crippen molar-refractivity contribution in [3.05, 3.63) is 83.9 Å². The SMILES string of the molecule is COC(=O)c1ccc(CCC(CS(=O)(=O)c2ccc(Oc3ccc(OC(F)(F)F)cc3)cc2)NO)cc1. The summed E-state index contributed by atoms with van der Waals surface area (Å²) in [5.41, 5.74) is 3.29. The molecule has 0 saturated heterocycles. The van der Waals surface area contributed by atoms with Crippen molar-refractivity contribution >= 4 is 15.8 Å². The number of aryl methyl sites for hydroxylation is 1. The van der Waals surface area contributed by atoms with Gasteiger partial charge in [0.15, 0.2) is 9.84 Å². The molecule has 0 aliphatic rings. The highest BCUT2D eigenvalue weighted by atomic mass is 32.2. The van der Waals surface area contributed by atoms with E-state index in [1.165, 1.54) is 43.5 Å². The molecular formula is C25H24F3NO7S. The zero-order valence-electron chi connectivity index (χ0n) is 19.6. The third-order valence-corrected chi connectivity index (χ3v) is 7.07. The Balaban J connectivity index is 1.57. The standard InChI is InChI=1S/C25H24F3NO7S/c1-34-24(30)18-5-2-17(3-6-18)4-7-19(29-31)16-37(32,33)23-14-12-21(13-15-23)35-20-8-10-22(11-9-20)36-25(26,27)28/h2-3,5-6,8-15,19,29,31H,4,7,16H2,1H3. The molecule has 0 amide bonds. The summed E-state index contributed by atoms with van der Waals surface area (Å²) in [5.74, 6) is -0.723. The third-order valence-electron chi connectivity index (χ3n) is 5.24. The van der Waals surface area contributed by atoms with Gasteiger partial charge in [0, 0.05) is 6.04 Å². The first-order valence-electron chi connectivity index (χ1n) is 10.9. The molecular weight excluding hydrogens is 515 g/mol. The number of alkyl halides is 3. The minimum absolute atomic E-state index is 0.0106. The van der Waals surface area contributed by atoms with Gasteiger partial charge in [0.2, 0.25) is 0 Å². The number of benzene rings is 3. The van der Waals surface area contributed by atoms with Gasteiger partial charge in [0.1, 0.15) is 17.2 Å². The third kappa shape index (κ3) is 8.48. The Morgan fingerprint density at radius 3 is 1.97 bits per heavy atom. The maximum absolute atomic E-state index is 12.8. The molecule has 8 nitrogen and oxygen atoms in total. The van der Waals surface area contributed by atoms with Crippen molar-refractivity contribution in [2.75, 3.05) is 12.9 Å². The molecule has 0 aliphatic heterocycles. The number of nitrogens with one attached hydrogen (secondary N) is 1. The van der Waals surface area contributed by atoms with Gasteiger partial charge in [0.05, 0.1) is 23.3 Å². The van der Waals surface area contributed by atoms with Crippen LogP contribution in [0.2, 0.25) is 0 Å². The molecule has 0 saturated carbocycles. The van der Waals surface area contributed by atoms with Gasteiger partial charge in [0.25, 0.3) is 0 Å². The highest BCUT2D eigenvalue weighted by molar-refractivity contribution is 7.91. The largest absolute Gasteiger partial charge is 0.573 e. The maximum Gasteiger partial charge on any atom is 0.573 e. The zero-order valence-corrected chi connectivity index (χ0v) is 20.4. The smallest absolute Gasteiger partial charge is 0.465 e. The number of esters is 1. The first kappa shape index (κ1) is 28.0. The second-order valence-corrected chi connectivity index (χ2v) is 9.96. The number of carbonyl (C=O) groups is 1. The van der Waals surface area contributed by atoms with Crippen LogP contribution >= 0.6 is 0 Å². The Morgan fingerprint density at radius 1 is 0.919 bits per heavy atom. The number of halogens is 3. The number of methoxy groups -OCH3 is 1. The van der Waals surface area contributed by atoms with Crippen LogP contribution in [0.4, 0.5) is 13.2 Å². The van der Waals surface area contributed by atoms with Gasteiger partial charge in [-0.25, -0.2) is 18.7 Å². The number of hydrogen-bond acceptors (Lipinski definition) is 8. The molecule has 0 spiro atoms. The zero-order chi connectivity index (χ0) is 27.1. The molecule has 0 radical (unpaired) electrons. The second kappa shape index (κ2) is 12.1. The summed E-state index contributed by atoms with van der Waals surface area (Å²) in [6, 6.07) is 16.2. The van der Waals surface area contributed by atoms with Crippen molar-refractivity contribution < 1.29 is 45.8 Å². The Morgan fingerprint density at radius 2 is 1.46 bits per heavy atom. The van der Waals surface area contributed by atoms with E-state index in [1.54, 1.807) is 24.3 Å². The molecule has 1 unspecified atom stereocenters. The molecule has 0 aliphatic carbocycles. The fraction of sp³-hybridized carbons (Fsp3) is 0.240. The molecule has 1 atom stereocenters. The van der Waals surface area contributed by atoms with E-state index in [0.29, 0.717) is 18.4 Å². The summed E-state index contributed by atoms with van der Waals surface area (Å²) >= 11 is 0. The van der Waals surface area contributed by atoms with Crippen molar-refractivity contribution in [3.63, 3.8) is 0 Å². The minimum atomic E-state index is -4.80. The van der Waals surface area contributed by atoms with Crippen LogP contribution in [0.5, 0.6) is 17.2 Å². The number of ether oxygens (including phenoxy) is 3.